The molecule has 0 spiro atoms. The SMILES string of the molecule is Cc1ccc(-n2c(Cl)nnc2C(C)C)c(Br)c1. The van der Waals surface area contributed by atoms with Crippen LogP contribution in [-0.4, -0.2) is 14.8 Å². The van der Waals surface area contributed by atoms with E-state index in [1.807, 2.05) is 23.6 Å². The van der Waals surface area contributed by atoms with Gasteiger partial charge in [-0.3, -0.25) is 4.57 Å². The predicted octanol–water partition coefficient (Wildman–Crippen LogP) is 4.12. The number of aromatic nitrogens is 3. The maximum atomic E-state index is 6.10. The molecule has 2 rings (SSSR count). The van der Waals surface area contributed by atoms with Crippen LogP contribution in [0.3, 0.4) is 0 Å². The third-order valence-corrected chi connectivity index (χ3v) is 3.39. The minimum atomic E-state index is 0.267. The average Bonchev–Trinajstić information content (AvgIpc) is 2.60. The summed E-state index contributed by atoms with van der Waals surface area (Å²) in [6.07, 6.45) is 0. The lowest BCUT2D eigenvalue weighted by Crippen LogP contribution is -2.04. The maximum Gasteiger partial charge on any atom is 0.229 e. The van der Waals surface area contributed by atoms with Crippen molar-refractivity contribution in [3.05, 3.63) is 39.3 Å². The van der Waals surface area contributed by atoms with Crippen LogP contribution in [0.1, 0.15) is 31.2 Å². The van der Waals surface area contributed by atoms with Crippen molar-refractivity contribution in [1.82, 2.24) is 14.8 Å². The summed E-state index contributed by atoms with van der Waals surface area (Å²) in [7, 11) is 0. The van der Waals surface area contributed by atoms with E-state index in [0.29, 0.717) is 5.28 Å². The van der Waals surface area contributed by atoms with Crippen molar-refractivity contribution in [2.75, 3.05) is 0 Å². The van der Waals surface area contributed by atoms with Gasteiger partial charge in [-0.05, 0) is 52.2 Å². The zero-order valence-electron chi connectivity index (χ0n) is 9.91. The van der Waals surface area contributed by atoms with Crippen LogP contribution in [0.25, 0.3) is 5.69 Å². The van der Waals surface area contributed by atoms with E-state index in [0.717, 1.165) is 16.0 Å². The van der Waals surface area contributed by atoms with Gasteiger partial charge < -0.3 is 0 Å². The third-order valence-electron chi connectivity index (χ3n) is 2.51. The van der Waals surface area contributed by atoms with Gasteiger partial charge in [0.25, 0.3) is 0 Å². The largest absolute Gasteiger partial charge is 0.268 e. The summed E-state index contributed by atoms with van der Waals surface area (Å²) in [5.74, 6) is 1.13. The molecule has 0 saturated heterocycles. The summed E-state index contributed by atoms with van der Waals surface area (Å²) in [6.45, 7) is 6.18. The van der Waals surface area contributed by atoms with Gasteiger partial charge in [0, 0.05) is 10.4 Å². The highest BCUT2D eigenvalue weighted by Gasteiger charge is 2.16. The lowest BCUT2D eigenvalue weighted by atomic mass is 10.2. The summed E-state index contributed by atoms with van der Waals surface area (Å²) in [6, 6.07) is 6.11. The molecule has 1 aromatic heterocycles. The Morgan fingerprint density at radius 2 is 2.00 bits per heavy atom. The molecule has 0 radical (unpaired) electrons. The first-order valence-electron chi connectivity index (χ1n) is 5.38. The first kappa shape index (κ1) is 12.6. The molecular weight excluding hydrogens is 302 g/mol. The summed E-state index contributed by atoms with van der Waals surface area (Å²) in [5.41, 5.74) is 2.16. The molecule has 0 atom stereocenters. The molecule has 3 nitrogen and oxygen atoms in total. The highest BCUT2D eigenvalue weighted by molar-refractivity contribution is 9.10. The fraction of sp³-hybridized carbons (Fsp3) is 0.333. The van der Waals surface area contributed by atoms with E-state index < -0.39 is 0 Å². The van der Waals surface area contributed by atoms with Gasteiger partial charge in [0.1, 0.15) is 5.82 Å². The third kappa shape index (κ3) is 2.38. The molecule has 0 aliphatic rings. The van der Waals surface area contributed by atoms with Crippen molar-refractivity contribution < 1.29 is 0 Å². The van der Waals surface area contributed by atoms with Crippen molar-refractivity contribution >= 4 is 27.5 Å². The summed E-state index contributed by atoms with van der Waals surface area (Å²) in [4.78, 5) is 0. The normalized spacial score (nSPS) is 11.2. The number of nitrogens with zero attached hydrogens (tertiary/aromatic N) is 3. The lowest BCUT2D eigenvalue weighted by Gasteiger charge is -2.12. The van der Waals surface area contributed by atoms with Crippen LogP contribution in [0.4, 0.5) is 0 Å². The Bertz CT molecular complexity index is 549. The summed E-state index contributed by atoms with van der Waals surface area (Å²) in [5, 5.41) is 8.44. The quantitative estimate of drug-likeness (QED) is 0.835. The Morgan fingerprint density at radius 3 is 2.59 bits per heavy atom. The first-order valence-corrected chi connectivity index (χ1v) is 6.55. The van der Waals surface area contributed by atoms with Gasteiger partial charge in [-0.15, -0.1) is 10.2 Å². The van der Waals surface area contributed by atoms with E-state index in [9.17, 15) is 0 Å². The standard InChI is InChI=1S/C12H13BrClN3/c1-7(2)11-15-16-12(14)17(11)10-5-4-8(3)6-9(10)13/h4-7H,1-3H3. The van der Waals surface area contributed by atoms with Crippen LogP contribution < -0.4 is 0 Å². The van der Waals surface area contributed by atoms with E-state index in [-0.39, 0.29) is 5.92 Å². The topological polar surface area (TPSA) is 30.7 Å². The van der Waals surface area contributed by atoms with E-state index in [4.69, 9.17) is 11.6 Å². The Balaban J connectivity index is 2.63. The number of hydrogen-bond donors (Lipinski definition) is 0. The van der Waals surface area contributed by atoms with Crippen LogP contribution >= 0.6 is 27.5 Å². The molecule has 2 aromatic rings. The minimum Gasteiger partial charge on any atom is -0.268 e. The van der Waals surface area contributed by atoms with Crippen LogP contribution in [0.5, 0.6) is 0 Å². The lowest BCUT2D eigenvalue weighted by molar-refractivity contribution is 0.744. The Morgan fingerprint density at radius 1 is 1.29 bits per heavy atom. The highest BCUT2D eigenvalue weighted by atomic mass is 79.9. The molecule has 1 aromatic carbocycles. The second-order valence-electron chi connectivity index (χ2n) is 4.27. The first-order chi connectivity index (χ1) is 8.00. The van der Waals surface area contributed by atoms with Crippen molar-refractivity contribution in [2.24, 2.45) is 0 Å². The molecule has 0 saturated carbocycles. The molecule has 0 fully saturated rings. The zero-order valence-corrected chi connectivity index (χ0v) is 12.2. The Kier molecular flexibility index (Phi) is 3.54. The number of hydrogen-bond acceptors (Lipinski definition) is 2. The fourth-order valence-electron chi connectivity index (χ4n) is 1.67. The van der Waals surface area contributed by atoms with Gasteiger partial charge >= 0.3 is 0 Å². The second-order valence-corrected chi connectivity index (χ2v) is 5.46. The van der Waals surface area contributed by atoms with Crippen molar-refractivity contribution in [1.29, 1.82) is 0 Å². The van der Waals surface area contributed by atoms with Crippen LogP contribution in [0, 0.1) is 6.92 Å². The van der Waals surface area contributed by atoms with Crippen molar-refractivity contribution in [2.45, 2.75) is 26.7 Å². The van der Waals surface area contributed by atoms with E-state index >= 15 is 0 Å². The molecule has 90 valence electrons. The average molecular weight is 315 g/mol. The van der Waals surface area contributed by atoms with Gasteiger partial charge in [-0.2, -0.15) is 0 Å². The molecule has 0 unspecified atom stereocenters. The number of halogens is 2. The second kappa shape index (κ2) is 4.78. The molecule has 0 N–H and O–H groups in total. The van der Waals surface area contributed by atoms with E-state index in [2.05, 4.69) is 46.0 Å². The molecule has 17 heavy (non-hydrogen) atoms. The maximum absolute atomic E-state index is 6.10. The Hall–Kier alpha value is -0.870. The number of benzene rings is 1. The predicted molar refractivity (Wildman–Crippen MR) is 72.9 cm³/mol. The smallest absolute Gasteiger partial charge is 0.229 e. The molecule has 0 amide bonds. The molecule has 0 aliphatic carbocycles. The highest BCUT2D eigenvalue weighted by Crippen LogP contribution is 2.28. The van der Waals surface area contributed by atoms with Gasteiger partial charge in [0.05, 0.1) is 5.69 Å². The molecule has 0 bridgehead atoms. The van der Waals surface area contributed by atoms with Gasteiger partial charge in [-0.1, -0.05) is 19.9 Å². The fourth-order valence-corrected chi connectivity index (χ4v) is 2.55. The minimum absolute atomic E-state index is 0.267. The zero-order chi connectivity index (χ0) is 12.6. The number of rotatable bonds is 2. The van der Waals surface area contributed by atoms with E-state index in [1.165, 1.54) is 5.56 Å². The Labute approximate surface area is 114 Å². The summed E-state index contributed by atoms with van der Waals surface area (Å²) < 4.78 is 2.86. The van der Waals surface area contributed by atoms with Crippen LogP contribution in [0.2, 0.25) is 5.28 Å². The van der Waals surface area contributed by atoms with Crippen molar-refractivity contribution in [3.8, 4) is 5.69 Å². The van der Waals surface area contributed by atoms with Crippen LogP contribution in [-0.2, 0) is 0 Å². The van der Waals surface area contributed by atoms with Crippen LogP contribution in [0.15, 0.2) is 22.7 Å². The van der Waals surface area contributed by atoms with E-state index in [1.54, 1.807) is 0 Å². The molecular formula is C12H13BrClN3. The molecule has 1 heterocycles. The number of aryl methyl sites for hydroxylation is 1. The van der Waals surface area contributed by atoms with Gasteiger partial charge in [0.15, 0.2) is 0 Å². The molecule has 0 aliphatic heterocycles. The van der Waals surface area contributed by atoms with Crippen molar-refractivity contribution in [3.63, 3.8) is 0 Å². The van der Waals surface area contributed by atoms with Gasteiger partial charge in [0.2, 0.25) is 5.28 Å². The summed E-state index contributed by atoms with van der Waals surface area (Å²) >= 11 is 9.65. The monoisotopic (exact) mass is 313 g/mol. The molecule has 5 heteroatoms. The van der Waals surface area contributed by atoms with Gasteiger partial charge in [-0.25, -0.2) is 0 Å².